The lowest BCUT2D eigenvalue weighted by Gasteiger charge is -2.26. The molecule has 1 atom stereocenters. The van der Waals surface area contributed by atoms with Crippen LogP contribution in [0.4, 0.5) is 5.82 Å². The van der Waals surface area contributed by atoms with Crippen molar-refractivity contribution in [2.45, 2.75) is 39.3 Å². The highest BCUT2D eigenvalue weighted by Gasteiger charge is 2.15. The van der Waals surface area contributed by atoms with Gasteiger partial charge >= 0.3 is 0 Å². The van der Waals surface area contributed by atoms with Gasteiger partial charge < -0.3 is 10.6 Å². The van der Waals surface area contributed by atoms with Gasteiger partial charge in [-0.15, -0.1) is 11.3 Å². The first kappa shape index (κ1) is 15.0. The second kappa shape index (κ2) is 6.86. The molecule has 0 aliphatic carbocycles. The van der Waals surface area contributed by atoms with Crippen molar-refractivity contribution in [3.05, 3.63) is 45.8 Å². The van der Waals surface area contributed by atoms with E-state index in [-0.39, 0.29) is 0 Å². The number of nitrogens with two attached hydrogens (primary N) is 1. The average molecular weight is 289 g/mol. The zero-order chi connectivity index (χ0) is 14.5. The van der Waals surface area contributed by atoms with E-state index in [2.05, 4.69) is 55.4 Å². The second-order valence-electron chi connectivity index (χ2n) is 5.08. The molecular formula is C16H23N3S. The molecule has 1 unspecified atom stereocenters. The van der Waals surface area contributed by atoms with Crippen LogP contribution >= 0.6 is 11.3 Å². The van der Waals surface area contributed by atoms with Crippen LogP contribution in [-0.4, -0.2) is 12.0 Å². The number of rotatable bonds is 6. The standard InChI is InChI=1S/C16H23N3S/c1-4-6-14-9-13(11-17)10-16(18-14)19(3)12(2)15-7-5-8-20-15/h5,7-10,12H,4,6,11,17H2,1-3H3. The van der Waals surface area contributed by atoms with E-state index in [1.165, 1.54) is 4.88 Å². The Balaban J connectivity index is 2.28. The van der Waals surface area contributed by atoms with E-state index in [4.69, 9.17) is 10.7 Å². The maximum atomic E-state index is 5.81. The minimum absolute atomic E-state index is 0.324. The quantitative estimate of drug-likeness (QED) is 0.880. The molecule has 2 aromatic heterocycles. The molecule has 0 fully saturated rings. The van der Waals surface area contributed by atoms with Crippen molar-refractivity contribution in [2.75, 3.05) is 11.9 Å². The Hall–Kier alpha value is -1.39. The number of hydrogen-bond donors (Lipinski definition) is 1. The summed E-state index contributed by atoms with van der Waals surface area (Å²) in [5, 5.41) is 2.12. The van der Waals surface area contributed by atoms with Crippen molar-refractivity contribution in [1.29, 1.82) is 0 Å². The molecule has 3 nitrogen and oxygen atoms in total. The van der Waals surface area contributed by atoms with Gasteiger partial charge in [0, 0.05) is 24.2 Å². The molecule has 0 aromatic carbocycles. The van der Waals surface area contributed by atoms with Gasteiger partial charge in [-0.05, 0) is 42.5 Å². The predicted octanol–water partition coefficient (Wildman–Crippen LogP) is 3.75. The van der Waals surface area contributed by atoms with Gasteiger partial charge in [-0.1, -0.05) is 19.4 Å². The molecule has 4 heteroatoms. The molecule has 0 saturated carbocycles. The van der Waals surface area contributed by atoms with E-state index in [0.29, 0.717) is 12.6 Å². The van der Waals surface area contributed by atoms with Crippen LogP contribution in [0.3, 0.4) is 0 Å². The van der Waals surface area contributed by atoms with E-state index in [1.807, 2.05) is 0 Å². The fourth-order valence-corrected chi connectivity index (χ4v) is 3.06. The van der Waals surface area contributed by atoms with E-state index in [0.717, 1.165) is 29.9 Å². The van der Waals surface area contributed by atoms with Crippen molar-refractivity contribution >= 4 is 17.2 Å². The third-order valence-corrected chi connectivity index (χ3v) is 4.61. The van der Waals surface area contributed by atoms with Crippen LogP contribution < -0.4 is 10.6 Å². The summed E-state index contributed by atoms with van der Waals surface area (Å²) >= 11 is 1.78. The van der Waals surface area contributed by atoms with Crippen LogP contribution in [0, 0.1) is 0 Å². The Bertz CT molecular complexity index is 537. The van der Waals surface area contributed by atoms with Gasteiger partial charge in [0.05, 0.1) is 6.04 Å². The van der Waals surface area contributed by atoms with E-state index in [1.54, 1.807) is 11.3 Å². The molecule has 2 aromatic rings. The molecule has 0 aliphatic rings. The lowest BCUT2D eigenvalue weighted by atomic mass is 10.1. The molecular weight excluding hydrogens is 266 g/mol. The van der Waals surface area contributed by atoms with Gasteiger partial charge in [0.1, 0.15) is 5.82 Å². The van der Waals surface area contributed by atoms with Crippen LogP contribution in [0.2, 0.25) is 0 Å². The Kier molecular flexibility index (Phi) is 5.15. The Labute approximate surface area is 125 Å². The van der Waals surface area contributed by atoms with Crippen molar-refractivity contribution in [3.8, 4) is 0 Å². The number of anilines is 1. The van der Waals surface area contributed by atoms with Crippen molar-refractivity contribution in [1.82, 2.24) is 4.98 Å². The number of thiophene rings is 1. The van der Waals surface area contributed by atoms with Crippen molar-refractivity contribution in [2.24, 2.45) is 5.73 Å². The molecule has 20 heavy (non-hydrogen) atoms. The van der Waals surface area contributed by atoms with Gasteiger partial charge in [-0.25, -0.2) is 4.98 Å². The predicted molar refractivity (Wildman–Crippen MR) is 87.3 cm³/mol. The van der Waals surface area contributed by atoms with Crippen LogP contribution in [-0.2, 0) is 13.0 Å². The fraction of sp³-hybridized carbons (Fsp3) is 0.438. The molecule has 0 aliphatic heterocycles. The van der Waals surface area contributed by atoms with Gasteiger partial charge in [0.15, 0.2) is 0 Å². The first-order chi connectivity index (χ1) is 9.65. The second-order valence-corrected chi connectivity index (χ2v) is 6.06. The summed E-state index contributed by atoms with van der Waals surface area (Å²) in [6.07, 6.45) is 2.10. The molecule has 0 amide bonds. The van der Waals surface area contributed by atoms with Gasteiger partial charge in [-0.3, -0.25) is 0 Å². The van der Waals surface area contributed by atoms with Crippen LogP contribution in [0.15, 0.2) is 29.6 Å². The highest BCUT2D eigenvalue weighted by atomic mass is 32.1. The summed E-state index contributed by atoms with van der Waals surface area (Å²) in [5.74, 6) is 1.01. The molecule has 0 bridgehead atoms. The topological polar surface area (TPSA) is 42.1 Å². The average Bonchev–Trinajstić information content (AvgIpc) is 2.99. The fourth-order valence-electron chi connectivity index (χ4n) is 2.23. The molecule has 2 heterocycles. The Morgan fingerprint density at radius 3 is 2.80 bits per heavy atom. The summed E-state index contributed by atoms with van der Waals surface area (Å²) in [7, 11) is 2.10. The number of nitrogens with zero attached hydrogens (tertiary/aromatic N) is 2. The summed E-state index contributed by atoms with van der Waals surface area (Å²) in [4.78, 5) is 8.35. The summed E-state index contributed by atoms with van der Waals surface area (Å²) < 4.78 is 0. The Morgan fingerprint density at radius 2 is 2.20 bits per heavy atom. The summed E-state index contributed by atoms with van der Waals surface area (Å²) in [5.41, 5.74) is 8.10. The van der Waals surface area contributed by atoms with Crippen molar-refractivity contribution < 1.29 is 0 Å². The first-order valence-electron chi connectivity index (χ1n) is 7.11. The SMILES string of the molecule is CCCc1cc(CN)cc(N(C)C(C)c2cccs2)n1. The first-order valence-corrected chi connectivity index (χ1v) is 7.99. The molecule has 0 spiro atoms. The van der Waals surface area contributed by atoms with Gasteiger partial charge in [0.25, 0.3) is 0 Å². The maximum absolute atomic E-state index is 5.81. The normalized spacial score (nSPS) is 12.4. The zero-order valence-electron chi connectivity index (χ0n) is 12.5. The van der Waals surface area contributed by atoms with E-state index >= 15 is 0 Å². The smallest absolute Gasteiger partial charge is 0.129 e. The van der Waals surface area contributed by atoms with Gasteiger partial charge in [0.2, 0.25) is 0 Å². The largest absolute Gasteiger partial charge is 0.352 e. The minimum atomic E-state index is 0.324. The monoisotopic (exact) mass is 289 g/mol. The summed E-state index contributed by atoms with van der Waals surface area (Å²) in [6.45, 7) is 4.95. The highest BCUT2D eigenvalue weighted by molar-refractivity contribution is 7.10. The lowest BCUT2D eigenvalue weighted by molar-refractivity contribution is 0.734. The van der Waals surface area contributed by atoms with Crippen LogP contribution in [0.1, 0.15) is 42.4 Å². The Morgan fingerprint density at radius 1 is 1.40 bits per heavy atom. The maximum Gasteiger partial charge on any atom is 0.129 e. The third kappa shape index (κ3) is 3.38. The van der Waals surface area contributed by atoms with Crippen LogP contribution in [0.25, 0.3) is 0 Å². The minimum Gasteiger partial charge on any atom is -0.352 e. The summed E-state index contributed by atoms with van der Waals surface area (Å²) in [6, 6.07) is 8.81. The number of hydrogen-bond acceptors (Lipinski definition) is 4. The molecule has 2 rings (SSSR count). The number of pyridine rings is 1. The number of aryl methyl sites for hydroxylation is 1. The molecule has 0 radical (unpaired) electrons. The number of aromatic nitrogens is 1. The van der Waals surface area contributed by atoms with E-state index < -0.39 is 0 Å². The van der Waals surface area contributed by atoms with Crippen molar-refractivity contribution in [3.63, 3.8) is 0 Å². The van der Waals surface area contributed by atoms with Crippen LogP contribution in [0.5, 0.6) is 0 Å². The zero-order valence-corrected chi connectivity index (χ0v) is 13.3. The lowest BCUT2D eigenvalue weighted by Crippen LogP contribution is -2.22. The van der Waals surface area contributed by atoms with Gasteiger partial charge in [-0.2, -0.15) is 0 Å². The molecule has 0 saturated heterocycles. The highest BCUT2D eigenvalue weighted by Crippen LogP contribution is 2.27. The molecule has 108 valence electrons. The van der Waals surface area contributed by atoms with E-state index in [9.17, 15) is 0 Å². The molecule has 2 N–H and O–H groups in total. The third-order valence-electron chi connectivity index (χ3n) is 3.56.